The van der Waals surface area contributed by atoms with Gasteiger partial charge in [-0.2, -0.15) is 0 Å². The quantitative estimate of drug-likeness (QED) is 0.771. The highest BCUT2D eigenvalue weighted by Crippen LogP contribution is 2.23. The Bertz CT molecular complexity index is 436. The van der Waals surface area contributed by atoms with Crippen molar-refractivity contribution in [2.24, 2.45) is 0 Å². The van der Waals surface area contributed by atoms with E-state index >= 15 is 0 Å². The van der Waals surface area contributed by atoms with Crippen LogP contribution in [0.2, 0.25) is 5.02 Å². The molecule has 0 aliphatic heterocycles. The van der Waals surface area contributed by atoms with Crippen molar-refractivity contribution in [3.05, 3.63) is 53.6 Å². The normalized spacial score (nSPS) is 10.3. The van der Waals surface area contributed by atoms with Crippen LogP contribution < -0.4 is 0 Å². The Kier molecular flexibility index (Phi) is 3.31. The third-order valence-electron chi connectivity index (χ3n) is 2.14. The summed E-state index contributed by atoms with van der Waals surface area (Å²) in [6.45, 7) is 0. The molecule has 0 spiro atoms. The second kappa shape index (κ2) is 4.71. The predicted molar refractivity (Wildman–Crippen MR) is 65.4 cm³/mol. The molecule has 0 saturated carbocycles. The standard InChI is InChI=1S/C12H9ClOS/c13-11-5-1-9(2-6-11)10-3-7-12(15-14)8-4-10/h1-8,14H. The molecular weight excluding hydrogens is 228 g/mol. The van der Waals surface area contributed by atoms with Gasteiger partial charge in [0.2, 0.25) is 0 Å². The zero-order valence-electron chi connectivity index (χ0n) is 7.85. The van der Waals surface area contributed by atoms with Gasteiger partial charge in [0.15, 0.2) is 0 Å². The van der Waals surface area contributed by atoms with Crippen molar-refractivity contribution < 1.29 is 4.55 Å². The summed E-state index contributed by atoms with van der Waals surface area (Å²) >= 11 is 6.56. The van der Waals surface area contributed by atoms with Gasteiger partial charge in [-0.05, 0) is 35.4 Å². The largest absolute Gasteiger partial charge is 0.325 e. The molecule has 0 unspecified atom stereocenters. The van der Waals surface area contributed by atoms with Crippen LogP contribution in [0.25, 0.3) is 11.1 Å². The molecule has 3 heteroatoms. The van der Waals surface area contributed by atoms with Crippen molar-refractivity contribution >= 4 is 23.6 Å². The first kappa shape index (κ1) is 10.6. The number of hydrogen-bond acceptors (Lipinski definition) is 2. The first-order valence-corrected chi connectivity index (χ1v) is 5.62. The molecule has 1 N–H and O–H groups in total. The van der Waals surface area contributed by atoms with Gasteiger partial charge < -0.3 is 4.55 Å². The molecule has 1 nitrogen and oxygen atoms in total. The van der Waals surface area contributed by atoms with E-state index in [1.54, 1.807) is 0 Å². The minimum absolute atomic E-state index is 0.737. The molecule has 76 valence electrons. The summed E-state index contributed by atoms with van der Waals surface area (Å²) in [5.74, 6) is 0. The number of benzene rings is 2. The third-order valence-corrected chi connectivity index (χ3v) is 2.87. The second-order valence-corrected chi connectivity index (χ2v) is 4.21. The van der Waals surface area contributed by atoms with Crippen LogP contribution in [-0.4, -0.2) is 4.55 Å². The molecule has 2 aromatic carbocycles. The zero-order valence-corrected chi connectivity index (χ0v) is 9.42. The van der Waals surface area contributed by atoms with Crippen LogP contribution in [0.4, 0.5) is 0 Å². The van der Waals surface area contributed by atoms with E-state index in [4.69, 9.17) is 16.2 Å². The lowest BCUT2D eigenvalue weighted by Crippen LogP contribution is -1.77. The lowest BCUT2D eigenvalue weighted by atomic mass is 10.1. The average molecular weight is 237 g/mol. The molecule has 0 radical (unpaired) electrons. The van der Waals surface area contributed by atoms with Crippen molar-refractivity contribution in [3.8, 4) is 11.1 Å². The zero-order chi connectivity index (χ0) is 10.7. The summed E-state index contributed by atoms with van der Waals surface area (Å²) in [5, 5.41) is 0.737. The van der Waals surface area contributed by atoms with E-state index in [0.717, 1.165) is 33.1 Å². The highest BCUT2D eigenvalue weighted by atomic mass is 35.5. The van der Waals surface area contributed by atoms with Gasteiger partial charge in [0.25, 0.3) is 0 Å². The first-order chi connectivity index (χ1) is 7.29. The predicted octanol–water partition coefficient (Wildman–Crippen LogP) is 4.57. The van der Waals surface area contributed by atoms with E-state index in [9.17, 15) is 0 Å². The van der Waals surface area contributed by atoms with Gasteiger partial charge in [-0.15, -0.1) is 0 Å². The molecule has 0 aromatic heterocycles. The highest BCUT2D eigenvalue weighted by Gasteiger charge is 1.97. The maximum atomic E-state index is 8.83. The molecule has 0 aliphatic carbocycles. The SMILES string of the molecule is OSc1ccc(-c2ccc(Cl)cc2)cc1. The molecule has 0 fully saturated rings. The minimum Gasteiger partial charge on any atom is -0.325 e. The van der Waals surface area contributed by atoms with E-state index in [2.05, 4.69) is 0 Å². The van der Waals surface area contributed by atoms with Gasteiger partial charge in [-0.1, -0.05) is 35.9 Å². The van der Waals surface area contributed by atoms with Crippen LogP contribution in [0, 0.1) is 0 Å². The topological polar surface area (TPSA) is 20.2 Å². The fourth-order valence-corrected chi connectivity index (χ4v) is 1.73. The number of hydrogen-bond donors (Lipinski definition) is 1. The Morgan fingerprint density at radius 3 is 1.73 bits per heavy atom. The molecule has 0 aliphatic rings. The highest BCUT2D eigenvalue weighted by molar-refractivity contribution is 7.93. The molecule has 0 amide bonds. The molecule has 0 atom stereocenters. The molecule has 15 heavy (non-hydrogen) atoms. The van der Waals surface area contributed by atoms with E-state index in [0.29, 0.717) is 0 Å². The summed E-state index contributed by atoms with van der Waals surface area (Å²) in [6, 6.07) is 15.4. The van der Waals surface area contributed by atoms with Crippen LogP contribution in [-0.2, 0) is 0 Å². The fourth-order valence-electron chi connectivity index (χ4n) is 1.35. The lowest BCUT2D eigenvalue weighted by Gasteiger charge is -2.02. The van der Waals surface area contributed by atoms with E-state index in [1.807, 2.05) is 48.5 Å². The Morgan fingerprint density at radius 2 is 1.27 bits per heavy atom. The van der Waals surface area contributed by atoms with Crippen molar-refractivity contribution in [2.45, 2.75) is 4.90 Å². The van der Waals surface area contributed by atoms with Crippen LogP contribution in [0.15, 0.2) is 53.4 Å². The van der Waals surface area contributed by atoms with Crippen LogP contribution >= 0.6 is 23.6 Å². The first-order valence-electron chi connectivity index (χ1n) is 4.47. The maximum Gasteiger partial charge on any atom is 0.0406 e. The van der Waals surface area contributed by atoms with Gasteiger partial charge in [0.1, 0.15) is 0 Å². The third kappa shape index (κ3) is 2.53. The van der Waals surface area contributed by atoms with Gasteiger partial charge in [0, 0.05) is 22.0 Å². The van der Waals surface area contributed by atoms with Gasteiger partial charge >= 0.3 is 0 Å². The number of rotatable bonds is 2. The molecule has 0 saturated heterocycles. The van der Waals surface area contributed by atoms with Crippen LogP contribution in [0.3, 0.4) is 0 Å². The molecule has 2 rings (SSSR count). The number of halogens is 1. The Balaban J connectivity index is 2.33. The van der Waals surface area contributed by atoms with E-state index in [-0.39, 0.29) is 0 Å². The van der Waals surface area contributed by atoms with Crippen LogP contribution in [0.1, 0.15) is 0 Å². The summed E-state index contributed by atoms with van der Waals surface area (Å²) in [5.41, 5.74) is 2.23. The summed E-state index contributed by atoms with van der Waals surface area (Å²) in [6.07, 6.45) is 0. The Labute approximate surface area is 97.9 Å². The molecular formula is C12H9ClOS. The Hall–Kier alpha value is -0.960. The van der Waals surface area contributed by atoms with E-state index < -0.39 is 0 Å². The van der Waals surface area contributed by atoms with Crippen molar-refractivity contribution in [1.82, 2.24) is 0 Å². The lowest BCUT2D eigenvalue weighted by molar-refractivity contribution is 0.664. The molecule has 0 bridgehead atoms. The van der Waals surface area contributed by atoms with Crippen molar-refractivity contribution in [1.29, 1.82) is 0 Å². The minimum atomic E-state index is 0.737. The monoisotopic (exact) mass is 236 g/mol. The van der Waals surface area contributed by atoms with Crippen LogP contribution in [0.5, 0.6) is 0 Å². The van der Waals surface area contributed by atoms with Crippen molar-refractivity contribution in [2.75, 3.05) is 0 Å². The average Bonchev–Trinajstić information content (AvgIpc) is 2.30. The molecule has 0 heterocycles. The summed E-state index contributed by atoms with van der Waals surface area (Å²) in [4.78, 5) is 0.840. The maximum absolute atomic E-state index is 8.83. The van der Waals surface area contributed by atoms with Gasteiger partial charge in [0.05, 0.1) is 0 Å². The van der Waals surface area contributed by atoms with Crippen molar-refractivity contribution in [3.63, 3.8) is 0 Å². The molecule has 2 aromatic rings. The summed E-state index contributed by atoms with van der Waals surface area (Å²) < 4.78 is 8.83. The fraction of sp³-hybridized carbons (Fsp3) is 0. The Morgan fingerprint density at radius 1 is 0.800 bits per heavy atom. The van der Waals surface area contributed by atoms with Gasteiger partial charge in [-0.25, -0.2) is 0 Å². The van der Waals surface area contributed by atoms with E-state index in [1.165, 1.54) is 0 Å². The smallest absolute Gasteiger partial charge is 0.0406 e. The summed E-state index contributed by atoms with van der Waals surface area (Å²) in [7, 11) is 0. The van der Waals surface area contributed by atoms with Gasteiger partial charge in [-0.3, -0.25) is 0 Å². The second-order valence-electron chi connectivity index (χ2n) is 3.12.